The summed E-state index contributed by atoms with van der Waals surface area (Å²) in [6.07, 6.45) is 2.02. The van der Waals surface area contributed by atoms with Crippen molar-refractivity contribution in [3.63, 3.8) is 0 Å². The van der Waals surface area contributed by atoms with Gasteiger partial charge in [-0.3, -0.25) is 0 Å². The van der Waals surface area contributed by atoms with Gasteiger partial charge in [0.25, 0.3) is 0 Å². The Morgan fingerprint density at radius 1 is 1.56 bits per heavy atom. The molecule has 0 aromatic carbocycles. The molecule has 0 aliphatic carbocycles. The summed E-state index contributed by atoms with van der Waals surface area (Å²) < 4.78 is 33.1. The Labute approximate surface area is 93.4 Å². The van der Waals surface area contributed by atoms with Crippen molar-refractivity contribution in [1.82, 2.24) is 4.98 Å². The molecule has 0 bridgehead atoms. The van der Waals surface area contributed by atoms with E-state index in [1.54, 1.807) is 0 Å². The molecule has 0 radical (unpaired) electrons. The fourth-order valence-corrected chi connectivity index (χ4v) is 2.06. The Hall–Kier alpha value is -1.18. The maximum absolute atomic E-state index is 11.3. The predicted octanol–water partition coefficient (Wildman–Crippen LogP) is -0.103. The Bertz CT molecular complexity index is 468. The third-order valence-electron chi connectivity index (χ3n) is 2.21. The van der Waals surface area contributed by atoms with Crippen LogP contribution in [0.1, 0.15) is 6.42 Å². The van der Waals surface area contributed by atoms with Crippen LogP contribution in [0.15, 0.2) is 23.2 Å². The van der Waals surface area contributed by atoms with E-state index in [1.165, 1.54) is 18.3 Å². The zero-order valence-corrected chi connectivity index (χ0v) is 9.31. The number of primary sulfonamides is 1. The maximum Gasteiger partial charge on any atom is 0.243 e. The van der Waals surface area contributed by atoms with Crippen molar-refractivity contribution in [3.8, 4) is 5.88 Å². The average molecular weight is 244 g/mol. The monoisotopic (exact) mass is 244 g/mol. The van der Waals surface area contributed by atoms with Crippen LogP contribution >= 0.6 is 0 Å². The summed E-state index contributed by atoms with van der Waals surface area (Å²) in [6, 6.07) is 2.87. The number of pyridine rings is 1. The molecule has 1 saturated heterocycles. The van der Waals surface area contributed by atoms with E-state index < -0.39 is 10.0 Å². The third kappa shape index (κ3) is 2.49. The molecule has 6 nitrogen and oxygen atoms in total. The predicted molar refractivity (Wildman–Crippen MR) is 55.5 cm³/mol. The standard InChI is InChI=1S/C9H12N2O4S/c10-16(12,13)8-2-1-4-11-9(8)15-7-3-5-14-6-7/h1-2,4,7H,3,5-6H2,(H2,10,12,13). The van der Waals surface area contributed by atoms with Gasteiger partial charge >= 0.3 is 0 Å². The van der Waals surface area contributed by atoms with Crippen molar-refractivity contribution >= 4 is 10.0 Å². The first-order valence-corrected chi connectivity index (χ1v) is 6.34. The van der Waals surface area contributed by atoms with Gasteiger partial charge in [0.1, 0.15) is 11.0 Å². The van der Waals surface area contributed by atoms with Crippen molar-refractivity contribution in [1.29, 1.82) is 0 Å². The number of sulfonamides is 1. The molecule has 1 aromatic heterocycles. The normalized spacial score (nSPS) is 20.9. The van der Waals surface area contributed by atoms with Gasteiger partial charge in [0.05, 0.1) is 13.2 Å². The second-order valence-electron chi connectivity index (χ2n) is 3.46. The molecule has 1 aliphatic heterocycles. The van der Waals surface area contributed by atoms with Gasteiger partial charge in [-0.2, -0.15) is 0 Å². The molecule has 1 atom stereocenters. The van der Waals surface area contributed by atoms with Crippen LogP contribution in [0.3, 0.4) is 0 Å². The summed E-state index contributed by atoms with van der Waals surface area (Å²) in [5, 5.41) is 5.05. The van der Waals surface area contributed by atoms with Gasteiger partial charge in [-0.1, -0.05) is 0 Å². The van der Waals surface area contributed by atoms with E-state index >= 15 is 0 Å². The Balaban J connectivity index is 2.26. The van der Waals surface area contributed by atoms with Crippen LogP contribution in [0.5, 0.6) is 5.88 Å². The quantitative estimate of drug-likeness (QED) is 0.801. The van der Waals surface area contributed by atoms with E-state index in [0.29, 0.717) is 13.2 Å². The second kappa shape index (κ2) is 4.36. The van der Waals surface area contributed by atoms with Crippen LogP contribution in [-0.2, 0) is 14.8 Å². The lowest BCUT2D eigenvalue weighted by Crippen LogP contribution is -2.20. The molecule has 2 N–H and O–H groups in total. The molecule has 88 valence electrons. The van der Waals surface area contributed by atoms with E-state index in [2.05, 4.69) is 4.98 Å². The first kappa shape index (κ1) is 11.3. The van der Waals surface area contributed by atoms with Crippen LogP contribution < -0.4 is 9.88 Å². The highest BCUT2D eigenvalue weighted by atomic mass is 32.2. The Kier molecular flexibility index (Phi) is 3.08. The number of nitrogens with zero attached hydrogens (tertiary/aromatic N) is 1. The van der Waals surface area contributed by atoms with Crippen LogP contribution in [0, 0.1) is 0 Å². The molecule has 0 amide bonds. The molecule has 7 heteroatoms. The highest BCUT2D eigenvalue weighted by molar-refractivity contribution is 7.89. The van der Waals surface area contributed by atoms with E-state index in [9.17, 15) is 8.42 Å². The molecule has 1 aliphatic rings. The number of nitrogens with two attached hydrogens (primary N) is 1. The molecular formula is C9H12N2O4S. The van der Waals surface area contributed by atoms with E-state index in [4.69, 9.17) is 14.6 Å². The van der Waals surface area contributed by atoms with Crippen molar-refractivity contribution in [2.45, 2.75) is 17.4 Å². The van der Waals surface area contributed by atoms with Crippen molar-refractivity contribution < 1.29 is 17.9 Å². The van der Waals surface area contributed by atoms with E-state index in [-0.39, 0.29) is 16.9 Å². The smallest absolute Gasteiger partial charge is 0.243 e. The zero-order valence-electron chi connectivity index (χ0n) is 8.50. The summed E-state index contributed by atoms with van der Waals surface area (Å²) >= 11 is 0. The molecular weight excluding hydrogens is 232 g/mol. The number of aromatic nitrogens is 1. The minimum Gasteiger partial charge on any atom is -0.471 e. The molecule has 1 aromatic rings. The van der Waals surface area contributed by atoms with Crippen LogP contribution in [0.25, 0.3) is 0 Å². The SMILES string of the molecule is NS(=O)(=O)c1cccnc1OC1CCOC1. The van der Waals surface area contributed by atoms with Crippen molar-refractivity contribution in [2.75, 3.05) is 13.2 Å². The summed E-state index contributed by atoms with van der Waals surface area (Å²) in [4.78, 5) is 3.78. The Morgan fingerprint density at radius 3 is 3.00 bits per heavy atom. The molecule has 1 fully saturated rings. The van der Waals surface area contributed by atoms with E-state index in [0.717, 1.165) is 6.42 Å². The second-order valence-corrected chi connectivity index (χ2v) is 4.98. The molecule has 1 unspecified atom stereocenters. The van der Waals surface area contributed by atoms with Gasteiger partial charge in [0.2, 0.25) is 15.9 Å². The van der Waals surface area contributed by atoms with Gasteiger partial charge in [-0.05, 0) is 12.1 Å². The van der Waals surface area contributed by atoms with Crippen LogP contribution in [0.2, 0.25) is 0 Å². The maximum atomic E-state index is 11.3. The number of hydrogen-bond acceptors (Lipinski definition) is 5. The topological polar surface area (TPSA) is 91.5 Å². The molecule has 2 heterocycles. The van der Waals surface area contributed by atoms with Gasteiger partial charge in [-0.15, -0.1) is 0 Å². The van der Waals surface area contributed by atoms with Gasteiger partial charge in [-0.25, -0.2) is 18.5 Å². The van der Waals surface area contributed by atoms with Crippen molar-refractivity contribution in [3.05, 3.63) is 18.3 Å². The number of hydrogen-bond donors (Lipinski definition) is 1. The molecule has 2 rings (SSSR count). The highest BCUT2D eigenvalue weighted by Crippen LogP contribution is 2.22. The Morgan fingerprint density at radius 2 is 2.38 bits per heavy atom. The van der Waals surface area contributed by atoms with Gasteiger partial charge in [0.15, 0.2) is 0 Å². The van der Waals surface area contributed by atoms with E-state index in [1.807, 2.05) is 0 Å². The van der Waals surface area contributed by atoms with Gasteiger partial charge < -0.3 is 9.47 Å². The minimum atomic E-state index is -3.80. The average Bonchev–Trinajstić information content (AvgIpc) is 2.70. The minimum absolute atomic E-state index is 0.0421. The lowest BCUT2D eigenvalue weighted by Gasteiger charge is -2.12. The summed E-state index contributed by atoms with van der Waals surface area (Å²) in [7, 11) is -3.80. The fourth-order valence-electron chi connectivity index (χ4n) is 1.44. The lowest BCUT2D eigenvalue weighted by molar-refractivity contribution is 0.135. The molecule has 0 saturated carbocycles. The summed E-state index contributed by atoms with van der Waals surface area (Å²) in [5.74, 6) is 0.0421. The first-order valence-electron chi connectivity index (χ1n) is 4.79. The lowest BCUT2D eigenvalue weighted by atomic mass is 10.3. The summed E-state index contributed by atoms with van der Waals surface area (Å²) in [5.41, 5.74) is 0. The van der Waals surface area contributed by atoms with Crippen molar-refractivity contribution in [2.24, 2.45) is 5.14 Å². The molecule has 16 heavy (non-hydrogen) atoms. The van der Waals surface area contributed by atoms with Crippen LogP contribution in [-0.4, -0.2) is 32.7 Å². The first-order chi connectivity index (χ1) is 7.57. The molecule has 0 spiro atoms. The third-order valence-corrected chi connectivity index (χ3v) is 3.13. The summed E-state index contributed by atoms with van der Waals surface area (Å²) in [6.45, 7) is 1.06. The fraction of sp³-hybridized carbons (Fsp3) is 0.444. The van der Waals surface area contributed by atoms with Crippen LogP contribution in [0.4, 0.5) is 0 Å². The number of rotatable bonds is 3. The number of ether oxygens (including phenoxy) is 2. The zero-order chi connectivity index (χ0) is 11.6. The van der Waals surface area contributed by atoms with Gasteiger partial charge in [0, 0.05) is 12.6 Å². The highest BCUT2D eigenvalue weighted by Gasteiger charge is 2.22. The largest absolute Gasteiger partial charge is 0.471 e.